The van der Waals surface area contributed by atoms with Gasteiger partial charge in [0.2, 0.25) is 5.91 Å². The average molecular weight is 284 g/mol. The Kier molecular flexibility index (Phi) is 5.83. The minimum atomic E-state index is -0.0710. The number of carbonyl (C=O) groups excluding carboxylic acids is 1. The molecule has 1 amide bonds. The van der Waals surface area contributed by atoms with Crippen molar-refractivity contribution in [1.82, 2.24) is 5.32 Å². The molecule has 0 saturated heterocycles. The number of benzene rings is 1. The van der Waals surface area contributed by atoms with Crippen LogP contribution in [0.25, 0.3) is 0 Å². The Morgan fingerprint density at radius 3 is 2.37 bits per heavy atom. The summed E-state index contributed by atoms with van der Waals surface area (Å²) < 4.78 is 0. The van der Waals surface area contributed by atoms with E-state index in [1.165, 1.54) is 0 Å². The lowest BCUT2D eigenvalue weighted by atomic mass is 9.85. The summed E-state index contributed by atoms with van der Waals surface area (Å²) in [4.78, 5) is 12.0. The van der Waals surface area contributed by atoms with Gasteiger partial charge in [0, 0.05) is 17.7 Å². The summed E-state index contributed by atoms with van der Waals surface area (Å²) in [5, 5.41) is 12.7. The lowest BCUT2D eigenvalue weighted by Crippen LogP contribution is -2.44. The molecule has 4 heteroatoms. The van der Waals surface area contributed by atoms with E-state index in [4.69, 9.17) is 16.7 Å². The van der Waals surface area contributed by atoms with E-state index in [0.717, 1.165) is 5.56 Å². The Morgan fingerprint density at radius 1 is 1.32 bits per heavy atom. The lowest BCUT2D eigenvalue weighted by molar-refractivity contribution is -0.122. The van der Waals surface area contributed by atoms with Gasteiger partial charge >= 0.3 is 0 Å². The van der Waals surface area contributed by atoms with Crippen LogP contribution in [-0.4, -0.2) is 23.7 Å². The zero-order valence-electron chi connectivity index (χ0n) is 11.7. The Hall–Kier alpha value is -1.06. The number of rotatable bonds is 5. The summed E-state index contributed by atoms with van der Waals surface area (Å²) in [6.45, 7) is 6.23. The second kappa shape index (κ2) is 6.92. The molecule has 0 fully saturated rings. The molecule has 0 spiro atoms. The van der Waals surface area contributed by atoms with E-state index in [2.05, 4.69) is 26.1 Å². The molecule has 0 heterocycles. The number of carbonyl (C=O) groups is 1. The molecular formula is C15H22ClNO2. The van der Waals surface area contributed by atoms with E-state index >= 15 is 0 Å². The Morgan fingerprint density at radius 2 is 1.89 bits per heavy atom. The minimum Gasteiger partial charge on any atom is -0.396 e. The third-order valence-corrected chi connectivity index (χ3v) is 3.33. The smallest absolute Gasteiger partial charge is 0.224 e. The highest BCUT2D eigenvalue weighted by Crippen LogP contribution is 2.21. The van der Waals surface area contributed by atoms with Crippen LogP contribution in [0, 0.1) is 5.41 Å². The summed E-state index contributed by atoms with van der Waals surface area (Å²) in [5.74, 6) is -0.0318. The van der Waals surface area contributed by atoms with Gasteiger partial charge in [0.05, 0.1) is 6.42 Å². The Bertz CT molecular complexity index is 409. The maximum atomic E-state index is 12.0. The largest absolute Gasteiger partial charge is 0.396 e. The van der Waals surface area contributed by atoms with Gasteiger partial charge < -0.3 is 10.4 Å². The molecular weight excluding hydrogens is 262 g/mol. The van der Waals surface area contributed by atoms with E-state index in [9.17, 15) is 4.79 Å². The van der Waals surface area contributed by atoms with Crippen molar-refractivity contribution in [1.29, 1.82) is 0 Å². The first kappa shape index (κ1) is 16.0. The quantitative estimate of drug-likeness (QED) is 0.873. The van der Waals surface area contributed by atoms with E-state index in [1.54, 1.807) is 12.1 Å². The normalized spacial score (nSPS) is 13.1. The molecule has 0 saturated carbocycles. The summed E-state index contributed by atoms with van der Waals surface area (Å²) in [7, 11) is 0. The molecule has 0 aliphatic heterocycles. The van der Waals surface area contributed by atoms with Crippen molar-refractivity contribution in [3.05, 3.63) is 34.9 Å². The van der Waals surface area contributed by atoms with Crippen LogP contribution in [0.5, 0.6) is 0 Å². The van der Waals surface area contributed by atoms with Crippen LogP contribution < -0.4 is 5.32 Å². The van der Waals surface area contributed by atoms with Crippen molar-refractivity contribution in [3.8, 4) is 0 Å². The van der Waals surface area contributed by atoms with E-state index in [0.29, 0.717) is 17.9 Å². The second-order valence-electron chi connectivity index (χ2n) is 5.80. The fourth-order valence-corrected chi connectivity index (χ4v) is 2.01. The summed E-state index contributed by atoms with van der Waals surface area (Å²) in [6.07, 6.45) is 0.894. The number of halogens is 1. The van der Waals surface area contributed by atoms with Crippen LogP contribution >= 0.6 is 11.6 Å². The molecule has 2 N–H and O–H groups in total. The van der Waals surface area contributed by atoms with Gasteiger partial charge in [0.25, 0.3) is 0 Å². The van der Waals surface area contributed by atoms with Crippen LogP contribution in [0.3, 0.4) is 0 Å². The summed E-state index contributed by atoms with van der Waals surface area (Å²) >= 11 is 5.81. The highest BCUT2D eigenvalue weighted by Gasteiger charge is 2.25. The lowest BCUT2D eigenvalue weighted by Gasteiger charge is -2.31. The van der Waals surface area contributed by atoms with Gasteiger partial charge in [0.1, 0.15) is 0 Å². The van der Waals surface area contributed by atoms with Gasteiger partial charge in [-0.3, -0.25) is 4.79 Å². The predicted molar refractivity (Wildman–Crippen MR) is 78.2 cm³/mol. The topological polar surface area (TPSA) is 49.3 Å². The molecule has 19 heavy (non-hydrogen) atoms. The molecule has 3 nitrogen and oxygen atoms in total. The van der Waals surface area contributed by atoms with Crippen LogP contribution in [0.4, 0.5) is 0 Å². The van der Waals surface area contributed by atoms with Crippen molar-refractivity contribution in [2.75, 3.05) is 6.61 Å². The molecule has 1 aromatic carbocycles. The summed E-state index contributed by atoms with van der Waals surface area (Å²) in [5.41, 5.74) is 0.858. The van der Waals surface area contributed by atoms with Crippen molar-refractivity contribution in [2.45, 2.75) is 39.7 Å². The Balaban J connectivity index is 2.60. The monoisotopic (exact) mass is 283 g/mol. The standard InChI is InChI=1S/C15H22ClNO2/c1-15(2,3)13(8-9-18)17-14(19)10-11-4-6-12(16)7-5-11/h4-7,13,18H,8-10H2,1-3H3,(H,17,19). The van der Waals surface area contributed by atoms with Gasteiger partial charge in [-0.15, -0.1) is 0 Å². The maximum absolute atomic E-state index is 12.0. The number of amides is 1. The van der Waals surface area contributed by atoms with Crippen LogP contribution in [-0.2, 0) is 11.2 Å². The molecule has 1 rings (SSSR count). The van der Waals surface area contributed by atoms with Crippen LogP contribution in [0.1, 0.15) is 32.8 Å². The molecule has 0 bridgehead atoms. The van der Waals surface area contributed by atoms with Gasteiger partial charge in [0.15, 0.2) is 0 Å². The average Bonchev–Trinajstić information content (AvgIpc) is 2.30. The van der Waals surface area contributed by atoms with Gasteiger partial charge in [-0.1, -0.05) is 44.5 Å². The molecule has 1 atom stereocenters. The summed E-state index contributed by atoms with van der Waals surface area (Å²) in [6, 6.07) is 7.22. The molecule has 1 unspecified atom stereocenters. The SMILES string of the molecule is CC(C)(C)C(CCO)NC(=O)Cc1ccc(Cl)cc1. The third-order valence-electron chi connectivity index (χ3n) is 3.08. The second-order valence-corrected chi connectivity index (χ2v) is 6.24. The number of aliphatic hydroxyl groups excluding tert-OH is 1. The van der Waals surface area contributed by atoms with Crippen LogP contribution in [0.2, 0.25) is 5.02 Å². The fourth-order valence-electron chi connectivity index (χ4n) is 1.88. The van der Waals surface area contributed by atoms with Gasteiger partial charge in [-0.05, 0) is 29.5 Å². The van der Waals surface area contributed by atoms with Crippen LogP contribution in [0.15, 0.2) is 24.3 Å². The van der Waals surface area contributed by atoms with Crippen molar-refractivity contribution in [2.24, 2.45) is 5.41 Å². The number of aliphatic hydroxyl groups is 1. The zero-order chi connectivity index (χ0) is 14.5. The van der Waals surface area contributed by atoms with E-state index < -0.39 is 0 Å². The van der Waals surface area contributed by atoms with Crippen molar-refractivity contribution >= 4 is 17.5 Å². The molecule has 0 radical (unpaired) electrons. The molecule has 106 valence electrons. The zero-order valence-corrected chi connectivity index (χ0v) is 12.5. The number of nitrogens with one attached hydrogen (secondary N) is 1. The first-order chi connectivity index (χ1) is 8.82. The Labute approximate surface area is 120 Å². The van der Waals surface area contributed by atoms with Crippen molar-refractivity contribution < 1.29 is 9.90 Å². The highest BCUT2D eigenvalue weighted by molar-refractivity contribution is 6.30. The predicted octanol–water partition coefficient (Wildman–Crippen LogP) is 2.80. The third kappa shape index (κ3) is 5.62. The molecule has 1 aromatic rings. The van der Waals surface area contributed by atoms with Crippen molar-refractivity contribution in [3.63, 3.8) is 0 Å². The van der Waals surface area contributed by atoms with E-state index in [1.807, 2.05) is 12.1 Å². The first-order valence-electron chi connectivity index (χ1n) is 6.47. The first-order valence-corrected chi connectivity index (χ1v) is 6.85. The number of hydrogen-bond acceptors (Lipinski definition) is 2. The minimum absolute atomic E-state index is 0.0303. The van der Waals surface area contributed by atoms with Gasteiger partial charge in [-0.25, -0.2) is 0 Å². The highest BCUT2D eigenvalue weighted by atomic mass is 35.5. The number of hydrogen-bond donors (Lipinski definition) is 2. The van der Waals surface area contributed by atoms with E-state index in [-0.39, 0.29) is 24.0 Å². The molecule has 0 aliphatic carbocycles. The maximum Gasteiger partial charge on any atom is 0.224 e. The fraction of sp³-hybridized carbons (Fsp3) is 0.533. The van der Waals surface area contributed by atoms with Gasteiger partial charge in [-0.2, -0.15) is 0 Å². The molecule has 0 aliphatic rings. The molecule has 0 aromatic heterocycles.